The zero-order chi connectivity index (χ0) is 35.2. The number of phenolic OH excluding ortho intramolecular Hbond substituents is 1. The summed E-state index contributed by atoms with van der Waals surface area (Å²) in [5.41, 5.74) is 0.833. The van der Waals surface area contributed by atoms with E-state index in [4.69, 9.17) is 9.47 Å². The number of benzene rings is 4. The molecule has 0 saturated carbocycles. The van der Waals surface area contributed by atoms with E-state index >= 15 is 0 Å². The van der Waals surface area contributed by atoms with E-state index in [-0.39, 0.29) is 59.0 Å². The molecule has 260 valence electrons. The van der Waals surface area contributed by atoms with Crippen molar-refractivity contribution >= 4 is 58.0 Å². The van der Waals surface area contributed by atoms with Crippen molar-refractivity contribution in [3.05, 3.63) is 96.1 Å². The molecule has 49 heavy (non-hydrogen) atoms. The van der Waals surface area contributed by atoms with E-state index in [1.54, 1.807) is 36.4 Å². The van der Waals surface area contributed by atoms with Gasteiger partial charge in [0.2, 0.25) is 0 Å². The van der Waals surface area contributed by atoms with E-state index in [0.29, 0.717) is 47.0 Å². The molecule has 0 aliphatic rings. The van der Waals surface area contributed by atoms with E-state index in [2.05, 4.69) is 13.8 Å². The number of unbranched alkanes of at least 4 members (excludes halogenated alkanes) is 6. The predicted molar refractivity (Wildman–Crippen MR) is 186 cm³/mol. The molecule has 0 bridgehead atoms. The molecule has 0 aliphatic carbocycles. The van der Waals surface area contributed by atoms with Crippen molar-refractivity contribution in [1.82, 2.24) is 0 Å². The molecule has 0 amide bonds. The molecule has 0 saturated heterocycles. The quantitative estimate of drug-likeness (QED) is 0.0657. The van der Waals surface area contributed by atoms with E-state index in [1.165, 1.54) is 48.5 Å². The fourth-order valence-electron chi connectivity index (χ4n) is 5.05. The second kappa shape index (κ2) is 20.7. The van der Waals surface area contributed by atoms with E-state index in [9.17, 15) is 36.2 Å². The number of rotatable bonds is 16. The van der Waals surface area contributed by atoms with Crippen LogP contribution in [0.5, 0.6) is 34.5 Å². The molecule has 10 nitrogen and oxygen atoms in total. The van der Waals surface area contributed by atoms with Gasteiger partial charge in [-0.25, -0.2) is 8.42 Å². The molecule has 0 aromatic heterocycles. The summed E-state index contributed by atoms with van der Waals surface area (Å²) in [4.78, 5) is -0.383. The molecule has 0 heterocycles. The maximum absolute atomic E-state index is 11.7. The molecule has 0 aliphatic heterocycles. The first-order chi connectivity index (χ1) is 22.8. The van der Waals surface area contributed by atoms with Gasteiger partial charge in [-0.2, -0.15) is 8.42 Å². The summed E-state index contributed by atoms with van der Waals surface area (Å²) < 4.78 is 78.9. The maximum Gasteiger partial charge on any atom is 2.00 e. The van der Waals surface area contributed by atoms with Crippen LogP contribution in [0.4, 0.5) is 0 Å². The zero-order valence-electron chi connectivity index (χ0n) is 27.8. The van der Waals surface area contributed by atoms with Crippen molar-refractivity contribution in [3.63, 3.8) is 0 Å². The second-order valence-electron chi connectivity index (χ2n) is 11.2. The Hall–Kier alpha value is -2.84. The molecule has 4 rings (SSSR count). The van der Waals surface area contributed by atoms with Gasteiger partial charge < -0.3 is 24.2 Å². The van der Waals surface area contributed by atoms with E-state index in [0.717, 1.165) is 51.4 Å². The summed E-state index contributed by atoms with van der Waals surface area (Å²) in [6, 6.07) is 21.1. The van der Waals surface area contributed by atoms with E-state index < -0.39 is 20.2 Å². The van der Waals surface area contributed by atoms with Gasteiger partial charge >= 0.3 is 37.7 Å². The van der Waals surface area contributed by atoms with Gasteiger partial charge in [0, 0.05) is 17.2 Å². The molecule has 4 aromatic rings. The van der Waals surface area contributed by atoms with Crippen molar-refractivity contribution in [2.75, 3.05) is 0 Å². The Balaban J connectivity index is 0.000000333. The van der Waals surface area contributed by atoms with Gasteiger partial charge in [-0.1, -0.05) is 82.7 Å². The minimum atomic E-state index is -4.59. The Morgan fingerprint density at radius 1 is 0.633 bits per heavy atom. The molecule has 0 atom stereocenters. The smallest absolute Gasteiger partial charge is 0.872 e. The maximum atomic E-state index is 11.7. The second-order valence-corrected chi connectivity index (χ2v) is 13.9. The summed E-state index contributed by atoms with van der Waals surface area (Å²) in [6.07, 6.45) is 8.65. The Bertz CT molecular complexity index is 1710. The summed E-state index contributed by atoms with van der Waals surface area (Å²) >= 11 is 0. The van der Waals surface area contributed by atoms with Gasteiger partial charge in [0.25, 0.3) is 10.1 Å². The van der Waals surface area contributed by atoms with Gasteiger partial charge in [-0.3, -0.25) is 4.55 Å². The minimum absolute atomic E-state index is 0. The molecule has 2 N–H and O–H groups in total. The predicted octanol–water partition coefficient (Wildman–Crippen LogP) is 7.75. The van der Waals surface area contributed by atoms with Crippen LogP contribution in [0.25, 0.3) is 0 Å². The van der Waals surface area contributed by atoms with Crippen molar-refractivity contribution in [2.24, 2.45) is 0 Å². The first-order valence-electron chi connectivity index (χ1n) is 15.9. The third kappa shape index (κ3) is 14.1. The molecule has 0 fully saturated rings. The Kier molecular flexibility index (Phi) is 17.9. The topological polar surface area (TPSA) is 173 Å². The summed E-state index contributed by atoms with van der Waals surface area (Å²) in [5.74, 6) is 1.24. The number of hydrogen-bond donors (Lipinski definition) is 2. The standard InChI is InChI=1S/2C18H22O5S.Ca/c2*1-2-3-4-5-10-16-17(11-7-12-18(16)24(20,21)22)23-15-9-6-8-14(19)13-15;/h2*6-9,11-13,19H,2-5,10H2,1H3,(H,20,21,22);/q;;+2/p-2. The van der Waals surface area contributed by atoms with Crippen LogP contribution >= 0.6 is 0 Å². The van der Waals surface area contributed by atoms with Gasteiger partial charge in [-0.05, 0) is 74.2 Å². The molecule has 13 heteroatoms. The first kappa shape index (κ1) is 42.3. The molecule has 4 aromatic carbocycles. The van der Waals surface area contributed by atoms with Crippen LogP contribution < -0.4 is 14.6 Å². The van der Waals surface area contributed by atoms with Crippen LogP contribution in [-0.2, 0) is 33.1 Å². The molecular weight excluding hydrogens is 697 g/mol. The largest absolute Gasteiger partial charge is 2.00 e. The third-order valence-electron chi connectivity index (χ3n) is 7.37. The normalized spacial score (nSPS) is 11.2. The van der Waals surface area contributed by atoms with Crippen LogP contribution in [0, 0.1) is 0 Å². The fraction of sp³-hybridized carbons (Fsp3) is 0.333. The summed E-state index contributed by atoms with van der Waals surface area (Å²) in [7, 11) is -8.92. The third-order valence-corrected chi connectivity index (χ3v) is 9.23. The zero-order valence-corrected chi connectivity index (χ0v) is 31.7. The number of hydrogen-bond acceptors (Lipinski definition) is 9. The van der Waals surface area contributed by atoms with Crippen molar-refractivity contribution in [1.29, 1.82) is 0 Å². The molecule has 0 radical (unpaired) electrons. The molecular formula is C36H42CaO10S2. The van der Waals surface area contributed by atoms with Crippen LogP contribution in [0.15, 0.2) is 94.7 Å². The van der Waals surface area contributed by atoms with Crippen molar-refractivity contribution in [3.8, 4) is 34.5 Å². The Morgan fingerprint density at radius 2 is 1.10 bits per heavy atom. The Labute approximate surface area is 319 Å². The first-order valence-corrected chi connectivity index (χ1v) is 18.8. The van der Waals surface area contributed by atoms with Gasteiger partial charge in [0.05, 0.1) is 4.90 Å². The average Bonchev–Trinajstić information content (AvgIpc) is 3.02. The van der Waals surface area contributed by atoms with E-state index in [1.807, 2.05) is 0 Å². The van der Waals surface area contributed by atoms with Gasteiger partial charge in [0.1, 0.15) is 43.8 Å². The van der Waals surface area contributed by atoms with Gasteiger partial charge in [-0.15, -0.1) is 5.75 Å². The average molecular weight is 739 g/mol. The number of phenols is 1. The molecule has 0 spiro atoms. The van der Waals surface area contributed by atoms with Crippen molar-refractivity contribution < 1.29 is 45.6 Å². The summed E-state index contributed by atoms with van der Waals surface area (Å²) in [5, 5.41) is 20.9. The molecule has 0 unspecified atom stereocenters. The monoisotopic (exact) mass is 738 g/mol. The van der Waals surface area contributed by atoms with Crippen LogP contribution in [0.2, 0.25) is 0 Å². The number of aromatic hydroxyl groups is 1. The van der Waals surface area contributed by atoms with Crippen molar-refractivity contribution in [2.45, 2.75) is 87.8 Å². The number of ether oxygens (including phenoxy) is 2. The van der Waals surface area contributed by atoms with Crippen LogP contribution in [-0.4, -0.2) is 68.8 Å². The van der Waals surface area contributed by atoms with Crippen LogP contribution in [0.1, 0.15) is 76.3 Å². The fourth-order valence-corrected chi connectivity index (χ4v) is 6.56. The van der Waals surface area contributed by atoms with Crippen LogP contribution in [0.3, 0.4) is 0 Å². The minimum Gasteiger partial charge on any atom is -0.872 e. The SMILES string of the molecule is CCCCCCc1c(Oc2cccc(O)c2)cccc1S(=O)(=O)O.CCCCCCc1c(Oc2cccc([O-])c2)cccc1S(=O)(=O)[O-].[Ca+2]. The Morgan fingerprint density at radius 3 is 1.57 bits per heavy atom. The summed E-state index contributed by atoms with van der Waals surface area (Å²) in [6.45, 7) is 4.18. The van der Waals surface area contributed by atoms with Gasteiger partial charge in [0.15, 0.2) is 0 Å².